The SMILES string of the molecule is CC1CC(NC(=O)OC(C)(C)C)CN(c2ccncc2NC(=O)c2nc3cc(Br)ccc3cc2NC(=O)O)C1. The highest BCUT2D eigenvalue weighted by atomic mass is 79.9. The monoisotopic (exact) mass is 598 g/mol. The molecule has 2 unspecified atom stereocenters. The Balaban J connectivity index is 1.59. The summed E-state index contributed by atoms with van der Waals surface area (Å²) in [5, 5.41) is 18.1. The van der Waals surface area contributed by atoms with Gasteiger partial charge in [0.25, 0.3) is 5.91 Å². The summed E-state index contributed by atoms with van der Waals surface area (Å²) in [6.07, 6.45) is 2.16. The molecule has 0 aliphatic carbocycles. The first kappa shape index (κ1) is 28.1. The van der Waals surface area contributed by atoms with Crippen molar-refractivity contribution in [2.75, 3.05) is 28.6 Å². The molecule has 0 bridgehead atoms. The van der Waals surface area contributed by atoms with Crippen molar-refractivity contribution < 1.29 is 24.2 Å². The van der Waals surface area contributed by atoms with Crippen molar-refractivity contribution in [3.63, 3.8) is 0 Å². The molecule has 0 saturated carbocycles. The number of amides is 3. The average Bonchev–Trinajstić information content (AvgIpc) is 2.82. The molecule has 4 N–H and O–H groups in total. The minimum absolute atomic E-state index is 0.0634. The Morgan fingerprint density at radius 1 is 1.10 bits per heavy atom. The van der Waals surface area contributed by atoms with E-state index >= 15 is 0 Å². The van der Waals surface area contributed by atoms with Gasteiger partial charge in [-0.05, 0) is 57.4 Å². The number of carboxylic acid groups (broad SMARTS) is 1. The molecule has 1 fully saturated rings. The number of fused-ring (bicyclic) bond motifs is 1. The third-order valence-electron chi connectivity index (χ3n) is 6.00. The van der Waals surface area contributed by atoms with Crippen molar-refractivity contribution in [3.05, 3.63) is 52.9 Å². The van der Waals surface area contributed by atoms with E-state index in [0.717, 1.165) is 16.6 Å². The number of halogens is 1. The van der Waals surface area contributed by atoms with Crippen LogP contribution in [0.5, 0.6) is 0 Å². The Kier molecular flexibility index (Phi) is 8.24. The fraction of sp³-hybridized carbons (Fsp3) is 0.370. The summed E-state index contributed by atoms with van der Waals surface area (Å²) in [5.41, 5.74) is 1.07. The number of piperidine rings is 1. The highest BCUT2D eigenvalue weighted by Crippen LogP contribution is 2.31. The number of nitrogens with one attached hydrogen (secondary N) is 3. The van der Waals surface area contributed by atoms with Gasteiger partial charge in [-0.25, -0.2) is 14.6 Å². The second-order valence-electron chi connectivity index (χ2n) is 10.6. The van der Waals surface area contributed by atoms with Crippen molar-refractivity contribution >= 4 is 62.0 Å². The van der Waals surface area contributed by atoms with Gasteiger partial charge in [-0.3, -0.25) is 15.1 Å². The lowest BCUT2D eigenvalue weighted by Crippen LogP contribution is -2.51. The van der Waals surface area contributed by atoms with Crippen molar-refractivity contribution in [2.24, 2.45) is 5.92 Å². The van der Waals surface area contributed by atoms with Crippen LogP contribution in [0.25, 0.3) is 10.9 Å². The number of nitrogens with zero attached hydrogens (tertiary/aromatic N) is 3. The molecule has 1 aliphatic rings. The fourth-order valence-electron chi connectivity index (χ4n) is 4.59. The Morgan fingerprint density at radius 2 is 1.87 bits per heavy atom. The molecule has 1 aliphatic heterocycles. The molecule has 1 aromatic carbocycles. The van der Waals surface area contributed by atoms with E-state index in [2.05, 4.69) is 53.7 Å². The number of hydrogen-bond acceptors (Lipinski definition) is 7. The van der Waals surface area contributed by atoms with Gasteiger partial charge in [-0.1, -0.05) is 28.9 Å². The molecular weight excluding hydrogens is 568 g/mol. The molecular formula is C27H31BrN6O5. The number of alkyl carbamates (subject to hydrolysis) is 1. The number of pyridine rings is 2. The third kappa shape index (κ3) is 7.34. The number of aromatic nitrogens is 2. The predicted molar refractivity (Wildman–Crippen MR) is 152 cm³/mol. The quantitative estimate of drug-likeness (QED) is 0.302. The summed E-state index contributed by atoms with van der Waals surface area (Å²) in [5.74, 6) is -0.342. The molecule has 1 saturated heterocycles. The second-order valence-corrected chi connectivity index (χ2v) is 11.5. The Hall–Kier alpha value is -3.93. The minimum Gasteiger partial charge on any atom is -0.465 e. The van der Waals surface area contributed by atoms with Crippen LogP contribution in [0.4, 0.5) is 26.7 Å². The maximum absolute atomic E-state index is 13.4. The first-order valence-electron chi connectivity index (χ1n) is 12.5. The maximum Gasteiger partial charge on any atom is 0.409 e. The Labute approximate surface area is 234 Å². The summed E-state index contributed by atoms with van der Waals surface area (Å²) in [6, 6.07) is 8.53. The van der Waals surface area contributed by atoms with Crippen LogP contribution in [0.15, 0.2) is 47.2 Å². The van der Waals surface area contributed by atoms with Gasteiger partial charge in [0.1, 0.15) is 5.60 Å². The van der Waals surface area contributed by atoms with Gasteiger partial charge < -0.3 is 25.4 Å². The van der Waals surface area contributed by atoms with Gasteiger partial charge in [-0.2, -0.15) is 0 Å². The van der Waals surface area contributed by atoms with Crippen LogP contribution in [0, 0.1) is 5.92 Å². The van der Waals surface area contributed by atoms with Crippen LogP contribution in [0.3, 0.4) is 0 Å². The molecule has 3 amide bonds. The predicted octanol–water partition coefficient (Wildman–Crippen LogP) is 5.47. The van der Waals surface area contributed by atoms with E-state index in [0.29, 0.717) is 29.7 Å². The number of ether oxygens (including phenoxy) is 1. The van der Waals surface area contributed by atoms with E-state index in [-0.39, 0.29) is 23.3 Å². The molecule has 0 spiro atoms. The minimum atomic E-state index is -1.31. The van der Waals surface area contributed by atoms with Gasteiger partial charge in [0.2, 0.25) is 0 Å². The number of rotatable bonds is 5. The standard InChI is InChI=1S/C27H31BrN6O5/c1-15-9-18(30-26(38)39-27(2,3)4)14-34(13-15)22-7-8-29-12-21(22)32-24(35)23-20(33-25(36)37)10-16-5-6-17(28)11-19(16)31-23/h5-8,10-12,15,18,33H,9,13-14H2,1-4H3,(H,30,38)(H,32,35)(H,36,37). The number of anilines is 3. The Morgan fingerprint density at radius 3 is 2.59 bits per heavy atom. The number of hydrogen-bond donors (Lipinski definition) is 4. The van der Waals surface area contributed by atoms with Crippen molar-refractivity contribution in [1.82, 2.24) is 15.3 Å². The zero-order chi connectivity index (χ0) is 28.3. The molecule has 0 radical (unpaired) electrons. The summed E-state index contributed by atoms with van der Waals surface area (Å²) in [7, 11) is 0. The third-order valence-corrected chi connectivity index (χ3v) is 6.50. The average molecular weight is 599 g/mol. The van der Waals surface area contributed by atoms with Crippen LogP contribution in [-0.2, 0) is 4.74 Å². The lowest BCUT2D eigenvalue weighted by molar-refractivity contribution is 0.0495. The number of benzene rings is 1. The second kappa shape index (κ2) is 11.4. The lowest BCUT2D eigenvalue weighted by atomic mass is 9.95. The highest BCUT2D eigenvalue weighted by molar-refractivity contribution is 9.10. The normalized spacial score (nSPS) is 17.4. The van der Waals surface area contributed by atoms with Gasteiger partial charge in [0, 0.05) is 35.2 Å². The van der Waals surface area contributed by atoms with Crippen LogP contribution < -0.4 is 20.9 Å². The molecule has 3 heterocycles. The smallest absolute Gasteiger partial charge is 0.409 e. The van der Waals surface area contributed by atoms with E-state index in [9.17, 15) is 19.5 Å². The van der Waals surface area contributed by atoms with Gasteiger partial charge in [0.15, 0.2) is 5.69 Å². The molecule has 39 heavy (non-hydrogen) atoms. The van der Waals surface area contributed by atoms with E-state index in [4.69, 9.17) is 4.74 Å². The summed E-state index contributed by atoms with van der Waals surface area (Å²) >= 11 is 3.40. The summed E-state index contributed by atoms with van der Waals surface area (Å²) < 4.78 is 6.20. The summed E-state index contributed by atoms with van der Waals surface area (Å²) in [4.78, 5) is 48.0. The first-order valence-corrected chi connectivity index (χ1v) is 13.3. The molecule has 2 atom stereocenters. The van der Waals surface area contributed by atoms with Crippen LogP contribution in [0.2, 0.25) is 0 Å². The van der Waals surface area contributed by atoms with Crippen molar-refractivity contribution in [3.8, 4) is 0 Å². The topological polar surface area (TPSA) is 146 Å². The van der Waals surface area contributed by atoms with Crippen molar-refractivity contribution in [1.29, 1.82) is 0 Å². The highest BCUT2D eigenvalue weighted by Gasteiger charge is 2.29. The van der Waals surface area contributed by atoms with E-state index in [1.165, 1.54) is 6.20 Å². The lowest BCUT2D eigenvalue weighted by Gasteiger charge is -2.39. The fourth-order valence-corrected chi connectivity index (χ4v) is 4.94. The van der Waals surface area contributed by atoms with Crippen LogP contribution >= 0.6 is 15.9 Å². The molecule has 206 valence electrons. The van der Waals surface area contributed by atoms with Crippen LogP contribution in [0.1, 0.15) is 44.6 Å². The maximum atomic E-state index is 13.4. The number of carbonyl (C=O) groups is 3. The van der Waals surface area contributed by atoms with Crippen molar-refractivity contribution in [2.45, 2.75) is 45.8 Å². The van der Waals surface area contributed by atoms with E-state index < -0.39 is 23.7 Å². The zero-order valence-electron chi connectivity index (χ0n) is 22.1. The van der Waals surface area contributed by atoms with Crippen LogP contribution in [-0.4, -0.2) is 57.9 Å². The molecule has 3 aromatic rings. The molecule has 11 nitrogen and oxygen atoms in total. The number of carbonyl (C=O) groups excluding carboxylic acids is 2. The van der Waals surface area contributed by atoms with E-state index in [1.807, 2.05) is 20.8 Å². The summed E-state index contributed by atoms with van der Waals surface area (Å²) in [6.45, 7) is 8.74. The van der Waals surface area contributed by atoms with E-state index in [1.54, 1.807) is 36.5 Å². The molecule has 12 heteroatoms. The Bertz CT molecular complexity index is 1410. The first-order chi connectivity index (χ1) is 18.4. The largest absolute Gasteiger partial charge is 0.465 e. The molecule has 4 rings (SSSR count). The van der Waals surface area contributed by atoms with Gasteiger partial charge in [-0.15, -0.1) is 0 Å². The van der Waals surface area contributed by atoms with Gasteiger partial charge >= 0.3 is 12.2 Å². The molecule has 2 aromatic heterocycles. The van der Waals surface area contributed by atoms with Gasteiger partial charge in [0.05, 0.1) is 28.8 Å². The zero-order valence-corrected chi connectivity index (χ0v) is 23.7.